The van der Waals surface area contributed by atoms with Gasteiger partial charge in [0.1, 0.15) is 5.01 Å². The molecule has 0 unspecified atom stereocenters. The maximum absolute atomic E-state index is 11.0. The van der Waals surface area contributed by atoms with Gasteiger partial charge in [0.2, 0.25) is 0 Å². The molecular formula is C11H12N2OS. The van der Waals surface area contributed by atoms with E-state index in [4.69, 9.17) is 0 Å². The summed E-state index contributed by atoms with van der Waals surface area (Å²) >= 11 is 1.15. The van der Waals surface area contributed by atoms with Crippen molar-refractivity contribution in [3.63, 3.8) is 0 Å². The van der Waals surface area contributed by atoms with Gasteiger partial charge >= 0.3 is 4.87 Å². The number of hydrogen-bond donors (Lipinski definition) is 1. The molecule has 1 heterocycles. The zero-order chi connectivity index (χ0) is 10.7. The molecule has 0 atom stereocenters. The molecule has 2 aromatic rings. The molecule has 78 valence electrons. The van der Waals surface area contributed by atoms with Crippen molar-refractivity contribution in [2.24, 2.45) is 0 Å². The van der Waals surface area contributed by atoms with Gasteiger partial charge in [0.25, 0.3) is 0 Å². The monoisotopic (exact) mass is 220 g/mol. The fourth-order valence-electron chi connectivity index (χ4n) is 1.50. The highest BCUT2D eigenvalue weighted by atomic mass is 32.1. The van der Waals surface area contributed by atoms with Crippen LogP contribution in [-0.4, -0.2) is 10.2 Å². The molecule has 2 rings (SSSR count). The van der Waals surface area contributed by atoms with E-state index in [1.807, 2.05) is 12.1 Å². The predicted molar refractivity (Wildman–Crippen MR) is 62.2 cm³/mol. The molecule has 0 spiro atoms. The standard InChI is InChI=1S/C11H12N2OS/c1-2-4-8-5-3-6-9(7-8)10-12-13-11(14)15-10/h3,5-7H,2,4H2,1H3,(H,13,14). The number of benzene rings is 1. The summed E-state index contributed by atoms with van der Waals surface area (Å²) in [5, 5.41) is 7.16. The number of nitrogens with zero attached hydrogens (tertiary/aromatic N) is 1. The van der Waals surface area contributed by atoms with Gasteiger partial charge < -0.3 is 0 Å². The average molecular weight is 220 g/mol. The van der Waals surface area contributed by atoms with Crippen LogP contribution in [0.5, 0.6) is 0 Å². The van der Waals surface area contributed by atoms with Gasteiger partial charge in [-0.25, -0.2) is 5.10 Å². The summed E-state index contributed by atoms with van der Waals surface area (Å²) in [4.78, 5) is 10.9. The van der Waals surface area contributed by atoms with Crippen LogP contribution in [0.25, 0.3) is 10.6 Å². The summed E-state index contributed by atoms with van der Waals surface area (Å²) in [6.07, 6.45) is 2.19. The molecule has 0 amide bonds. The second-order valence-corrected chi connectivity index (χ2v) is 4.33. The molecule has 0 bridgehead atoms. The summed E-state index contributed by atoms with van der Waals surface area (Å²) < 4.78 is 0. The van der Waals surface area contributed by atoms with Crippen molar-refractivity contribution in [1.82, 2.24) is 10.2 Å². The van der Waals surface area contributed by atoms with Gasteiger partial charge in [0.15, 0.2) is 0 Å². The van der Waals surface area contributed by atoms with E-state index in [1.165, 1.54) is 5.56 Å². The van der Waals surface area contributed by atoms with Crippen LogP contribution in [-0.2, 0) is 6.42 Å². The minimum absolute atomic E-state index is 0.106. The Morgan fingerprint density at radius 2 is 2.33 bits per heavy atom. The number of H-pyrrole nitrogens is 1. The van der Waals surface area contributed by atoms with Crippen LogP contribution in [0.4, 0.5) is 0 Å². The summed E-state index contributed by atoms with van der Waals surface area (Å²) in [5.41, 5.74) is 2.31. The Morgan fingerprint density at radius 1 is 1.47 bits per heavy atom. The number of aromatic nitrogens is 2. The second-order valence-electron chi connectivity index (χ2n) is 3.37. The van der Waals surface area contributed by atoms with Gasteiger partial charge in [0, 0.05) is 5.56 Å². The van der Waals surface area contributed by atoms with Crippen LogP contribution in [0.2, 0.25) is 0 Å². The molecule has 3 nitrogen and oxygen atoms in total. The molecule has 1 aromatic carbocycles. The van der Waals surface area contributed by atoms with Crippen molar-refractivity contribution >= 4 is 11.3 Å². The summed E-state index contributed by atoms with van der Waals surface area (Å²) in [7, 11) is 0. The van der Waals surface area contributed by atoms with Crippen LogP contribution in [0, 0.1) is 0 Å². The molecule has 1 aromatic heterocycles. The highest BCUT2D eigenvalue weighted by Crippen LogP contribution is 2.20. The van der Waals surface area contributed by atoms with E-state index in [0.29, 0.717) is 0 Å². The lowest BCUT2D eigenvalue weighted by Crippen LogP contribution is -1.90. The molecule has 0 aliphatic rings. The lowest BCUT2D eigenvalue weighted by molar-refractivity contribution is 0.922. The summed E-state index contributed by atoms with van der Waals surface area (Å²) in [6.45, 7) is 2.15. The van der Waals surface area contributed by atoms with Crippen LogP contribution < -0.4 is 4.87 Å². The number of aryl methyl sites for hydroxylation is 1. The van der Waals surface area contributed by atoms with E-state index >= 15 is 0 Å². The van der Waals surface area contributed by atoms with Gasteiger partial charge in [-0.2, -0.15) is 5.10 Å². The van der Waals surface area contributed by atoms with Gasteiger partial charge in [-0.3, -0.25) is 4.79 Å². The highest BCUT2D eigenvalue weighted by Gasteiger charge is 2.03. The molecule has 0 saturated heterocycles. The maximum atomic E-state index is 11.0. The van der Waals surface area contributed by atoms with Crippen molar-refractivity contribution in [2.75, 3.05) is 0 Å². The van der Waals surface area contributed by atoms with E-state index in [1.54, 1.807) is 0 Å². The number of hydrogen-bond acceptors (Lipinski definition) is 3. The Hall–Kier alpha value is -1.42. The minimum atomic E-state index is -0.106. The van der Waals surface area contributed by atoms with Gasteiger partial charge in [0.05, 0.1) is 0 Å². The third-order valence-corrected chi connectivity index (χ3v) is 2.95. The second kappa shape index (κ2) is 4.40. The first-order valence-electron chi connectivity index (χ1n) is 4.94. The third-order valence-electron chi connectivity index (χ3n) is 2.15. The molecule has 15 heavy (non-hydrogen) atoms. The van der Waals surface area contributed by atoms with E-state index in [0.717, 1.165) is 34.7 Å². The smallest absolute Gasteiger partial charge is 0.255 e. The van der Waals surface area contributed by atoms with E-state index in [-0.39, 0.29) is 4.87 Å². The largest absolute Gasteiger partial charge is 0.322 e. The lowest BCUT2D eigenvalue weighted by atomic mass is 10.1. The molecule has 1 N–H and O–H groups in total. The van der Waals surface area contributed by atoms with E-state index in [9.17, 15) is 4.79 Å². The van der Waals surface area contributed by atoms with E-state index in [2.05, 4.69) is 29.3 Å². The van der Waals surface area contributed by atoms with Crippen molar-refractivity contribution in [3.8, 4) is 10.6 Å². The first-order valence-corrected chi connectivity index (χ1v) is 5.76. The zero-order valence-electron chi connectivity index (χ0n) is 8.49. The Morgan fingerprint density at radius 3 is 3.00 bits per heavy atom. The molecule has 0 aliphatic heterocycles. The highest BCUT2D eigenvalue weighted by molar-refractivity contribution is 7.12. The first kappa shape index (κ1) is 10.1. The van der Waals surface area contributed by atoms with Crippen molar-refractivity contribution in [3.05, 3.63) is 39.5 Å². The van der Waals surface area contributed by atoms with E-state index < -0.39 is 0 Å². The van der Waals surface area contributed by atoms with Crippen LogP contribution in [0.15, 0.2) is 29.1 Å². The molecule has 0 saturated carbocycles. The van der Waals surface area contributed by atoms with Gasteiger partial charge in [-0.15, -0.1) is 0 Å². The SMILES string of the molecule is CCCc1cccc(-c2n[nH]c(=O)s2)c1. The first-order chi connectivity index (χ1) is 7.29. The Labute approximate surface area is 91.8 Å². The fourth-order valence-corrected chi connectivity index (χ4v) is 2.10. The zero-order valence-corrected chi connectivity index (χ0v) is 9.30. The predicted octanol–water partition coefficient (Wildman–Crippen LogP) is 2.45. The van der Waals surface area contributed by atoms with Crippen LogP contribution in [0.1, 0.15) is 18.9 Å². The molecule has 0 radical (unpaired) electrons. The quantitative estimate of drug-likeness (QED) is 0.863. The maximum Gasteiger partial charge on any atom is 0.322 e. The van der Waals surface area contributed by atoms with Gasteiger partial charge in [-0.05, 0) is 18.1 Å². The molecular weight excluding hydrogens is 208 g/mol. The third kappa shape index (κ3) is 2.33. The molecule has 0 aliphatic carbocycles. The van der Waals surface area contributed by atoms with Gasteiger partial charge in [-0.1, -0.05) is 42.9 Å². The minimum Gasteiger partial charge on any atom is -0.255 e. The van der Waals surface area contributed by atoms with Crippen molar-refractivity contribution in [1.29, 1.82) is 0 Å². The normalized spacial score (nSPS) is 10.5. The number of aromatic amines is 1. The summed E-state index contributed by atoms with van der Waals surface area (Å²) in [6, 6.07) is 8.18. The Kier molecular flexibility index (Phi) is 2.97. The Balaban J connectivity index is 2.36. The average Bonchev–Trinajstić information content (AvgIpc) is 2.66. The van der Waals surface area contributed by atoms with Crippen molar-refractivity contribution in [2.45, 2.75) is 19.8 Å². The molecule has 0 fully saturated rings. The molecule has 4 heteroatoms. The lowest BCUT2D eigenvalue weighted by Gasteiger charge is -2.00. The Bertz CT molecular complexity index is 501. The van der Waals surface area contributed by atoms with Crippen LogP contribution >= 0.6 is 11.3 Å². The van der Waals surface area contributed by atoms with Crippen molar-refractivity contribution < 1.29 is 0 Å². The number of nitrogens with one attached hydrogen (secondary N) is 1. The number of rotatable bonds is 3. The van der Waals surface area contributed by atoms with Crippen LogP contribution in [0.3, 0.4) is 0 Å². The topological polar surface area (TPSA) is 45.8 Å². The fraction of sp³-hybridized carbons (Fsp3) is 0.273. The summed E-state index contributed by atoms with van der Waals surface area (Å²) in [5.74, 6) is 0.